The topological polar surface area (TPSA) is 63.6 Å². The zero-order valence-electron chi connectivity index (χ0n) is 9.22. The van der Waals surface area contributed by atoms with E-state index in [2.05, 4.69) is 0 Å². The average molecular weight is 244 g/mol. The van der Waals surface area contributed by atoms with E-state index in [1.165, 1.54) is 12.1 Å². The Labute approximate surface area is 96.0 Å². The summed E-state index contributed by atoms with van der Waals surface area (Å²) in [6.07, 6.45) is 2.87. The molecule has 0 heterocycles. The minimum Gasteiger partial charge on any atom is -0.385 e. The molecule has 0 atom stereocenters. The monoisotopic (exact) mass is 244 g/mol. The molecule has 0 aliphatic rings. The Balaban J connectivity index is 2.52. The van der Waals surface area contributed by atoms with Crippen LogP contribution < -0.4 is 0 Å². The largest absolute Gasteiger partial charge is 0.385 e. The number of hydrogen-bond acceptors (Lipinski definition) is 3. The summed E-state index contributed by atoms with van der Waals surface area (Å²) < 4.78 is 35.3. The molecule has 0 aromatic heterocycles. The van der Waals surface area contributed by atoms with Gasteiger partial charge < -0.3 is 4.74 Å². The van der Waals surface area contributed by atoms with Crippen LogP contribution in [0.15, 0.2) is 29.2 Å². The minimum absolute atomic E-state index is 0.0619. The molecule has 0 spiro atoms. The molecule has 1 rings (SSSR count). The third-order valence-electron chi connectivity index (χ3n) is 2.29. The van der Waals surface area contributed by atoms with E-state index in [4.69, 9.17) is 9.29 Å². The maximum Gasteiger partial charge on any atom is 0.294 e. The van der Waals surface area contributed by atoms with Crippen LogP contribution in [-0.2, 0) is 21.3 Å². The predicted octanol–water partition coefficient (Wildman–Crippen LogP) is 1.90. The van der Waals surface area contributed by atoms with Crippen LogP contribution >= 0.6 is 0 Å². The molecule has 16 heavy (non-hydrogen) atoms. The summed E-state index contributed by atoms with van der Waals surface area (Å²) in [5, 5.41) is 0. The number of unbranched alkanes of at least 4 members (excludes halogenated alkanes) is 1. The lowest BCUT2D eigenvalue weighted by Crippen LogP contribution is -1.98. The molecule has 1 aromatic rings. The van der Waals surface area contributed by atoms with Gasteiger partial charge in [-0.3, -0.25) is 4.55 Å². The molecule has 1 N–H and O–H groups in total. The first-order valence-electron chi connectivity index (χ1n) is 5.09. The van der Waals surface area contributed by atoms with Crippen molar-refractivity contribution in [2.24, 2.45) is 0 Å². The maximum atomic E-state index is 10.8. The van der Waals surface area contributed by atoms with Crippen molar-refractivity contribution >= 4 is 10.1 Å². The third-order valence-corrected chi connectivity index (χ3v) is 3.15. The van der Waals surface area contributed by atoms with Crippen molar-refractivity contribution in [3.63, 3.8) is 0 Å². The Morgan fingerprint density at radius 1 is 1.19 bits per heavy atom. The zero-order chi connectivity index (χ0) is 12.0. The second-order valence-electron chi connectivity index (χ2n) is 3.57. The van der Waals surface area contributed by atoms with Crippen LogP contribution in [0.3, 0.4) is 0 Å². The summed E-state index contributed by atoms with van der Waals surface area (Å²) in [4.78, 5) is -0.0619. The van der Waals surface area contributed by atoms with Crippen LogP contribution in [0.25, 0.3) is 0 Å². The molecule has 0 radical (unpaired) electrons. The molecular weight excluding hydrogens is 228 g/mol. The van der Waals surface area contributed by atoms with Gasteiger partial charge in [0.15, 0.2) is 0 Å². The van der Waals surface area contributed by atoms with Crippen molar-refractivity contribution < 1.29 is 17.7 Å². The molecular formula is C11H16O4S. The molecule has 0 aliphatic heterocycles. The fraction of sp³-hybridized carbons (Fsp3) is 0.455. The minimum atomic E-state index is -4.07. The standard InChI is InChI=1S/C11H16O4S/c1-15-9-3-2-4-10-5-7-11(8-6-10)16(12,13)14/h5-8H,2-4,9H2,1H3,(H,12,13,14). The first-order valence-corrected chi connectivity index (χ1v) is 6.53. The fourth-order valence-electron chi connectivity index (χ4n) is 1.40. The van der Waals surface area contributed by atoms with Crippen molar-refractivity contribution in [1.82, 2.24) is 0 Å². The Bertz CT molecular complexity index is 408. The molecule has 0 fully saturated rings. The van der Waals surface area contributed by atoms with Crippen molar-refractivity contribution in [3.05, 3.63) is 29.8 Å². The highest BCUT2D eigenvalue weighted by Crippen LogP contribution is 2.11. The van der Waals surface area contributed by atoms with Crippen LogP contribution in [0.1, 0.15) is 18.4 Å². The highest BCUT2D eigenvalue weighted by atomic mass is 32.2. The van der Waals surface area contributed by atoms with E-state index in [1.807, 2.05) is 0 Å². The number of benzene rings is 1. The summed E-state index contributed by atoms with van der Waals surface area (Å²) >= 11 is 0. The Morgan fingerprint density at radius 2 is 1.81 bits per heavy atom. The lowest BCUT2D eigenvalue weighted by atomic mass is 10.1. The van der Waals surface area contributed by atoms with E-state index >= 15 is 0 Å². The van der Waals surface area contributed by atoms with Gasteiger partial charge in [-0.15, -0.1) is 0 Å². The predicted molar refractivity (Wildman–Crippen MR) is 61.1 cm³/mol. The van der Waals surface area contributed by atoms with Crippen LogP contribution in [0.2, 0.25) is 0 Å². The van der Waals surface area contributed by atoms with Gasteiger partial charge in [0.25, 0.3) is 10.1 Å². The average Bonchev–Trinajstić information content (AvgIpc) is 2.24. The summed E-state index contributed by atoms with van der Waals surface area (Å²) in [5.41, 5.74) is 1.06. The number of methoxy groups -OCH3 is 1. The van der Waals surface area contributed by atoms with Gasteiger partial charge in [-0.2, -0.15) is 8.42 Å². The van der Waals surface area contributed by atoms with Crippen LogP contribution in [0.5, 0.6) is 0 Å². The molecule has 5 heteroatoms. The van der Waals surface area contributed by atoms with Gasteiger partial charge in [0.2, 0.25) is 0 Å². The number of aryl methyl sites for hydroxylation is 1. The first kappa shape index (κ1) is 13.2. The Hall–Kier alpha value is -0.910. The Kier molecular flexibility index (Phi) is 4.92. The molecule has 1 aromatic carbocycles. The highest BCUT2D eigenvalue weighted by molar-refractivity contribution is 7.85. The smallest absolute Gasteiger partial charge is 0.294 e. The van der Waals surface area contributed by atoms with Crippen molar-refractivity contribution in [1.29, 1.82) is 0 Å². The molecule has 0 bridgehead atoms. The molecule has 0 aliphatic carbocycles. The summed E-state index contributed by atoms with van der Waals surface area (Å²) in [5.74, 6) is 0. The number of hydrogen-bond donors (Lipinski definition) is 1. The van der Waals surface area contributed by atoms with Crippen molar-refractivity contribution in [2.75, 3.05) is 13.7 Å². The molecule has 0 amide bonds. The van der Waals surface area contributed by atoms with E-state index in [0.29, 0.717) is 0 Å². The van der Waals surface area contributed by atoms with Gasteiger partial charge in [-0.1, -0.05) is 12.1 Å². The van der Waals surface area contributed by atoms with Crippen LogP contribution in [0.4, 0.5) is 0 Å². The van der Waals surface area contributed by atoms with Gasteiger partial charge in [-0.25, -0.2) is 0 Å². The van der Waals surface area contributed by atoms with E-state index < -0.39 is 10.1 Å². The van der Waals surface area contributed by atoms with E-state index in [1.54, 1.807) is 19.2 Å². The van der Waals surface area contributed by atoms with Crippen molar-refractivity contribution in [3.8, 4) is 0 Å². The normalized spacial score (nSPS) is 11.6. The SMILES string of the molecule is COCCCCc1ccc(S(=O)(=O)O)cc1. The second-order valence-corrected chi connectivity index (χ2v) is 4.99. The quantitative estimate of drug-likeness (QED) is 0.613. The van der Waals surface area contributed by atoms with Gasteiger partial charge in [0, 0.05) is 13.7 Å². The second kappa shape index (κ2) is 5.98. The summed E-state index contributed by atoms with van der Waals surface area (Å²) in [6.45, 7) is 0.739. The fourth-order valence-corrected chi connectivity index (χ4v) is 1.88. The molecule has 0 saturated carbocycles. The van der Waals surface area contributed by atoms with E-state index in [-0.39, 0.29) is 4.90 Å². The molecule has 4 nitrogen and oxygen atoms in total. The lowest BCUT2D eigenvalue weighted by molar-refractivity contribution is 0.193. The van der Waals surface area contributed by atoms with Gasteiger partial charge in [-0.05, 0) is 37.0 Å². The van der Waals surface area contributed by atoms with E-state index in [9.17, 15) is 8.42 Å². The van der Waals surface area contributed by atoms with Gasteiger partial charge >= 0.3 is 0 Å². The van der Waals surface area contributed by atoms with Crippen LogP contribution in [0, 0.1) is 0 Å². The highest BCUT2D eigenvalue weighted by Gasteiger charge is 2.07. The van der Waals surface area contributed by atoms with Gasteiger partial charge in [0.1, 0.15) is 0 Å². The van der Waals surface area contributed by atoms with E-state index in [0.717, 1.165) is 31.4 Å². The molecule has 0 saturated heterocycles. The maximum absolute atomic E-state index is 10.8. The summed E-state index contributed by atoms with van der Waals surface area (Å²) in [7, 11) is -2.40. The molecule has 90 valence electrons. The first-order chi connectivity index (χ1) is 7.54. The number of rotatable bonds is 6. The lowest BCUT2D eigenvalue weighted by Gasteiger charge is -2.02. The number of ether oxygens (including phenoxy) is 1. The van der Waals surface area contributed by atoms with Gasteiger partial charge in [0.05, 0.1) is 4.90 Å². The summed E-state index contributed by atoms with van der Waals surface area (Å²) in [6, 6.07) is 6.27. The third kappa shape index (κ3) is 4.30. The Morgan fingerprint density at radius 3 is 2.31 bits per heavy atom. The zero-order valence-corrected chi connectivity index (χ0v) is 10.0. The van der Waals surface area contributed by atoms with Crippen molar-refractivity contribution in [2.45, 2.75) is 24.2 Å². The molecule has 0 unspecified atom stereocenters. The van der Waals surface area contributed by atoms with Crippen LogP contribution in [-0.4, -0.2) is 26.7 Å².